The summed E-state index contributed by atoms with van der Waals surface area (Å²) in [6.07, 6.45) is 2.39. The Morgan fingerprint density at radius 2 is 2.14 bits per heavy atom. The van der Waals surface area contributed by atoms with Gasteiger partial charge in [-0.1, -0.05) is 13.8 Å². The van der Waals surface area contributed by atoms with E-state index in [2.05, 4.69) is 5.32 Å². The van der Waals surface area contributed by atoms with Crippen molar-refractivity contribution in [1.82, 2.24) is 10.2 Å². The number of hydrogen-bond acceptors (Lipinski definition) is 2. The fourth-order valence-electron chi connectivity index (χ4n) is 1.72. The van der Waals surface area contributed by atoms with Crippen LogP contribution in [0, 0.1) is 11.8 Å². The molecule has 1 heterocycles. The number of amides is 1. The molecule has 0 aliphatic carbocycles. The van der Waals surface area contributed by atoms with E-state index < -0.39 is 0 Å². The van der Waals surface area contributed by atoms with Crippen molar-refractivity contribution in [3.63, 3.8) is 0 Å². The fourth-order valence-corrected chi connectivity index (χ4v) is 1.72. The van der Waals surface area contributed by atoms with Crippen LogP contribution in [0.25, 0.3) is 0 Å². The zero-order valence-electron chi connectivity index (χ0n) is 9.55. The Morgan fingerprint density at radius 1 is 1.50 bits per heavy atom. The second-order valence-corrected chi connectivity index (χ2v) is 4.58. The van der Waals surface area contributed by atoms with Crippen molar-refractivity contribution in [2.75, 3.05) is 26.7 Å². The van der Waals surface area contributed by atoms with Gasteiger partial charge in [0.15, 0.2) is 0 Å². The van der Waals surface area contributed by atoms with Gasteiger partial charge in [-0.3, -0.25) is 4.79 Å². The van der Waals surface area contributed by atoms with E-state index in [9.17, 15) is 4.79 Å². The SMILES string of the molecule is CC(C)C(=O)N(C)CCCC1CNC1. The minimum Gasteiger partial charge on any atom is -0.346 e. The highest BCUT2D eigenvalue weighted by Crippen LogP contribution is 2.11. The average Bonchev–Trinajstić information content (AvgIpc) is 2.07. The van der Waals surface area contributed by atoms with Crippen LogP contribution in [-0.4, -0.2) is 37.5 Å². The van der Waals surface area contributed by atoms with E-state index in [1.165, 1.54) is 19.5 Å². The van der Waals surface area contributed by atoms with E-state index in [0.717, 1.165) is 18.9 Å². The van der Waals surface area contributed by atoms with E-state index >= 15 is 0 Å². The summed E-state index contributed by atoms with van der Waals surface area (Å²) >= 11 is 0. The smallest absolute Gasteiger partial charge is 0.224 e. The summed E-state index contributed by atoms with van der Waals surface area (Å²) in [6.45, 7) is 7.15. The minimum absolute atomic E-state index is 0.130. The third-order valence-electron chi connectivity index (χ3n) is 2.84. The highest BCUT2D eigenvalue weighted by atomic mass is 16.2. The molecule has 0 unspecified atom stereocenters. The first-order chi connectivity index (χ1) is 6.61. The Hall–Kier alpha value is -0.570. The van der Waals surface area contributed by atoms with Gasteiger partial charge in [-0.2, -0.15) is 0 Å². The van der Waals surface area contributed by atoms with Crippen LogP contribution in [0.2, 0.25) is 0 Å². The van der Waals surface area contributed by atoms with Crippen molar-refractivity contribution in [1.29, 1.82) is 0 Å². The number of nitrogens with zero attached hydrogens (tertiary/aromatic N) is 1. The zero-order valence-corrected chi connectivity index (χ0v) is 9.55. The summed E-state index contributed by atoms with van der Waals surface area (Å²) in [5.41, 5.74) is 0. The average molecular weight is 198 g/mol. The maximum atomic E-state index is 11.5. The molecular formula is C11H22N2O. The molecule has 1 fully saturated rings. The predicted octanol–water partition coefficient (Wildman–Crippen LogP) is 1.10. The minimum atomic E-state index is 0.130. The molecular weight excluding hydrogens is 176 g/mol. The first-order valence-corrected chi connectivity index (χ1v) is 5.57. The third kappa shape index (κ3) is 3.29. The lowest BCUT2D eigenvalue weighted by Crippen LogP contribution is -2.42. The number of hydrogen-bond donors (Lipinski definition) is 1. The first kappa shape index (κ1) is 11.5. The Morgan fingerprint density at radius 3 is 2.57 bits per heavy atom. The van der Waals surface area contributed by atoms with Gasteiger partial charge < -0.3 is 10.2 Å². The molecule has 0 saturated carbocycles. The van der Waals surface area contributed by atoms with Gasteiger partial charge in [0.05, 0.1) is 0 Å². The number of carbonyl (C=O) groups excluding carboxylic acids is 1. The van der Waals surface area contributed by atoms with Gasteiger partial charge in [0.2, 0.25) is 5.91 Å². The van der Waals surface area contributed by atoms with Crippen LogP contribution < -0.4 is 5.32 Å². The van der Waals surface area contributed by atoms with Crippen LogP contribution >= 0.6 is 0 Å². The summed E-state index contributed by atoms with van der Waals surface area (Å²) in [6, 6.07) is 0. The molecule has 0 radical (unpaired) electrons. The van der Waals surface area contributed by atoms with Crippen molar-refractivity contribution >= 4 is 5.91 Å². The van der Waals surface area contributed by atoms with Gasteiger partial charge in [-0.05, 0) is 31.8 Å². The normalized spacial score (nSPS) is 16.9. The molecule has 1 N–H and O–H groups in total. The monoisotopic (exact) mass is 198 g/mol. The largest absolute Gasteiger partial charge is 0.346 e. The van der Waals surface area contributed by atoms with Crippen molar-refractivity contribution in [3.05, 3.63) is 0 Å². The van der Waals surface area contributed by atoms with Crippen molar-refractivity contribution < 1.29 is 4.79 Å². The van der Waals surface area contributed by atoms with Gasteiger partial charge in [0.25, 0.3) is 0 Å². The Labute approximate surface area is 86.9 Å². The van der Waals surface area contributed by atoms with Gasteiger partial charge in [-0.25, -0.2) is 0 Å². The quantitative estimate of drug-likeness (QED) is 0.717. The van der Waals surface area contributed by atoms with Gasteiger partial charge in [0.1, 0.15) is 0 Å². The summed E-state index contributed by atoms with van der Waals surface area (Å²) in [4.78, 5) is 13.4. The summed E-state index contributed by atoms with van der Waals surface area (Å²) in [5, 5.41) is 3.26. The van der Waals surface area contributed by atoms with Crippen molar-refractivity contribution in [2.45, 2.75) is 26.7 Å². The van der Waals surface area contributed by atoms with E-state index in [1.54, 1.807) is 0 Å². The summed E-state index contributed by atoms with van der Waals surface area (Å²) in [5.74, 6) is 1.25. The molecule has 0 bridgehead atoms. The standard InChI is InChI=1S/C11H22N2O/c1-9(2)11(14)13(3)6-4-5-10-7-12-8-10/h9-10,12H,4-8H2,1-3H3. The molecule has 1 rings (SSSR count). The lowest BCUT2D eigenvalue weighted by Gasteiger charge is -2.28. The van der Waals surface area contributed by atoms with E-state index in [1.807, 2.05) is 25.8 Å². The Kier molecular flexibility index (Phi) is 4.39. The topological polar surface area (TPSA) is 32.3 Å². The zero-order chi connectivity index (χ0) is 10.6. The molecule has 3 heteroatoms. The molecule has 14 heavy (non-hydrogen) atoms. The molecule has 0 aromatic heterocycles. The van der Waals surface area contributed by atoms with E-state index in [0.29, 0.717) is 0 Å². The molecule has 1 aliphatic heterocycles. The lowest BCUT2D eigenvalue weighted by atomic mass is 9.97. The number of carbonyl (C=O) groups is 1. The predicted molar refractivity (Wildman–Crippen MR) is 58.1 cm³/mol. The number of nitrogens with one attached hydrogen (secondary N) is 1. The molecule has 0 spiro atoms. The van der Waals surface area contributed by atoms with Crippen LogP contribution in [0.1, 0.15) is 26.7 Å². The maximum absolute atomic E-state index is 11.5. The summed E-state index contributed by atoms with van der Waals surface area (Å²) in [7, 11) is 1.90. The van der Waals surface area contributed by atoms with Crippen LogP contribution in [-0.2, 0) is 4.79 Å². The second kappa shape index (κ2) is 5.35. The Balaban J connectivity index is 2.07. The molecule has 1 amide bonds. The molecule has 3 nitrogen and oxygen atoms in total. The first-order valence-electron chi connectivity index (χ1n) is 5.57. The lowest BCUT2D eigenvalue weighted by molar-refractivity contribution is -0.133. The number of rotatable bonds is 5. The highest BCUT2D eigenvalue weighted by Gasteiger charge is 2.17. The van der Waals surface area contributed by atoms with Crippen molar-refractivity contribution in [3.8, 4) is 0 Å². The molecule has 1 saturated heterocycles. The van der Waals surface area contributed by atoms with Gasteiger partial charge in [0, 0.05) is 19.5 Å². The van der Waals surface area contributed by atoms with Crippen LogP contribution in [0.4, 0.5) is 0 Å². The molecule has 0 aromatic carbocycles. The van der Waals surface area contributed by atoms with E-state index in [4.69, 9.17) is 0 Å². The fraction of sp³-hybridized carbons (Fsp3) is 0.909. The second-order valence-electron chi connectivity index (χ2n) is 4.58. The molecule has 0 aromatic rings. The van der Waals surface area contributed by atoms with Crippen LogP contribution in [0.3, 0.4) is 0 Å². The maximum Gasteiger partial charge on any atom is 0.224 e. The van der Waals surface area contributed by atoms with Crippen molar-refractivity contribution in [2.24, 2.45) is 11.8 Å². The Bertz CT molecular complexity index is 188. The van der Waals surface area contributed by atoms with Gasteiger partial charge >= 0.3 is 0 Å². The molecule has 82 valence electrons. The van der Waals surface area contributed by atoms with Crippen LogP contribution in [0.15, 0.2) is 0 Å². The van der Waals surface area contributed by atoms with Gasteiger partial charge in [-0.15, -0.1) is 0 Å². The highest BCUT2D eigenvalue weighted by molar-refractivity contribution is 5.77. The van der Waals surface area contributed by atoms with Crippen LogP contribution in [0.5, 0.6) is 0 Å². The third-order valence-corrected chi connectivity index (χ3v) is 2.84. The van der Waals surface area contributed by atoms with E-state index in [-0.39, 0.29) is 11.8 Å². The molecule has 1 aliphatic rings. The molecule has 0 atom stereocenters. The summed E-state index contributed by atoms with van der Waals surface area (Å²) < 4.78 is 0.